The van der Waals surface area contributed by atoms with Gasteiger partial charge in [0.2, 0.25) is 0 Å². The Hall–Kier alpha value is -1.55. The minimum Gasteiger partial charge on any atom is -0.260 e. The molecule has 1 heterocycles. The minimum atomic E-state index is -1.39. The van der Waals surface area contributed by atoms with E-state index in [0.717, 1.165) is 11.3 Å². The van der Waals surface area contributed by atoms with Gasteiger partial charge in [-0.1, -0.05) is 18.2 Å². The molecule has 0 aliphatic rings. The zero-order chi connectivity index (χ0) is 12.3. The van der Waals surface area contributed by atoms with Gasteiger partial charge in [0.05, 0.1) is 27.1 Å². The van der Waals surface area contributed by atoms with Gasteiger partial charge in [-0.25, -0.2) is 4.39 Å². The first-order valence-corrected chi connectivity index (χ1v) is 6.54. The van der Waals surface area contributed by atoms with Crippen LogP contribution in [0.25, 0.3) is 0 Å². The third-order valence-electron chi connectivity index (χ3n) is 2.47. The lowest BCUT2D eigenvalue weighted by atomic mass is 10.2. The molecule has 1 atom stereocenters. The Morgan fingerprint density at radius 3 is 2.71 bits per heavy atom. The normalized spacial score (nSPS) is 12.4. The number of hydrogen-bond donors (Lipinski definition) is 0. The van der Waals surface area contributed by atoms with Gasteiger partial charge in [0.15, 0.2) is 0 Å². The van der Waals surface area contributed by atoms with Crippen LogP contribution in [0.2, 0.25) is 0 Å². The monoisotopic (exact) mass is 249 g/mol. The number of aromatic nitrogens is 1. The molecule has 88 valence electrons. The van der Waals surface area contributed by atoms with Gasteiger partial charge < -0.3 is 0 Å². The Balaban J connectivity index is 2.24. The van der Waals surface area contributed by atoms with Crippen molar-refractivity contribution in [2.24, 2.45) is 0 Å². The number of halogens is 1. The molecule has 1 aromatic carbocycles. The molecule has 0 aliphatic heterocycles. The maximum atomic E-state index is 13.4. The highest BCUT2D eigenvalue weighted by Gasteiger charge is 2.11. The summed E-state index contributed by atoms with van der Waals surface area (Å²) >= 11 is 0. The van der Waals surface area contributed by atoms with Crippen LogP contribution in [0.3, 0.4) is 0 Å². The van der Waals surface area contributed by atoms with Crippen molar-refractivity contribution < 1.29 is 8.60 Å². The second-order valence-electron chi connectivity index (χ2n) is 3.69. The van der Waals surface area contributed by atoms with Gasteiger partial charge in [0.1, 0.15) is 5.82 Å². The van der Waals surface area contributed by atoms with Crippen LogP contribution < -0.4 is 0 Å². The summed E-state index contributed by atoms with van der Waals surface area (Å²) in [6.07, 6.45) is 1.65. The first-order chi connectivity index (χ1) is 8.18. The molecule has 1 unspecified atom stereocenters. The highest BCUT2D eigenvalue weighted by atomic mass is 32.2. The van der Waals surface area contributed by atoms with Crippen LogP contribution in [-0.2, 0) is 16.6 Å². The Morgan fingerprint density at radius 1 is 1.24 bits per heavy atom. The number of pyridine rings is 1. The van der Waals surface area contributed by atoms with E-state index < -0.39 is 16.6 Å². The van der Waals surface area contributed by atoms with E-state index in [-0.39, 0.29) is 10.6 Å². The van der Waals surface area contributed by atoms with Crippen LogP contribution >= 0.6 is 0 Å². The third-order valence-corrected chi connectivity index (χ3v) is 3.82. The van der Waals surface area contributed by atoms with Gasteiger partial charge in [-0.3, -0.25) is 9.19 Å². The molecular formula is C13H12FNOS. The fourth-order valence-corrected chi connectivity index (χ4v) is 2.72. The van der Waals surface area contributed by atoms with Crippen LogP contribution in [0.15, 0.2) is 47.5 Å². The molecule has 2 nitrogen and oxygen atoms in total. The van der Waals surface area contributed by atoms with E-state index in [0.29, 0.717) is 0 Å². The van der Waals surface area contributed by atoms with Crippen LogP contribution in [0.5, 0.6) is 0 Å². The first kappa shape index (κ1) is 11.9. The molecule has 0 N–H and O–H groups in total. The summed E-state index contributed by atoms with van der Waals surface area (Å²) in [5.74, 6) is -0.187. The van der Waals surface area contributed by atoms with Crippen LogP contribution in [0.1, 0.15) is 11.3 Å². The van der Waals surface area contributed by atoms with Crippen molar-refractivity contribution in [1.82, 2.24) is 4.98 Å². The molecule has 0 saturated carbocycles. The molecule has 0 spiro atoms. The zero-order valence-electron chi connectivity index (χ0n) is 9.39. The summed E-state index contributed by atoms with van der Waals surface area (Å²) in [7, 11) is -1.39. The predicted molar refractivity (Wildman–Crippen MR) is 65.5 cm³/mol. The highest BCUT2D eigenvalue weighted by molar-refractivity contribution is 7.84. The largest absolute Gasteiger partial charge is 0.260 e. The number of hydrogen-bond acceptors (Lipinski definition) is 2. The van der Waals surface area contributed by atoms with Crippen molar-refractivity contribution in [3.8, 4) is 0 Å². The molecule has 17 heavy (non-hydrogen) atoms. The Morgan fingerprint density at radius 2 is 2.00 bits per heavy atom. The van der Waals surface area contributed by atoms with Gasteiger partial charge in [-0.2, -0.15) is 0 Å². The quantitative estimate of drug-likeness (QED) is 0.837. The van der Waals surface area contributed by atoms with Gasteiger partial charge >= 0.3 is 0 Å². The molecule has 0 saturated heterocycles. The summed E-state index contributed by atoms with van der Waals surface area (Å²) in [6.45, 7) is 1.90. The Bertz CT molecular complexity index is 557. The van der Waals surface area contributed by atoms with Crippen molar-refractivity contribution in [2.45, 2.75) is 17.6 Å². The van der Waals surface area contributed by atoms with Gasteiger partial charge in [-0.15, -0.1) is 0 Å². The fraction of sp³-hybridized carbons (Fsp3) is 0.154. The van der Waals surface area contributed by atoms with Gasteiger partial charge in [0, 0.05) is 6.20 Å². The maximum absolute atomic E-state index is 13.4. The molecule has 2 rings (SSSR count). The lowest BCUT2D eigenvalue weighted by molar-refractivity contribution is 0.595. The second kappa shape index (κ2) is 5.19. The van der Waals surface area contributed by atoms with Crippen molar-refractivity contribution in [3.63, 3.8) is 0 Å². The van der Waals surface area contributed by atoms with Crippen LogP contribution in [-0.4, -0.2) is 9.19 Å². The van der Waals surface area contributed by atoms with Gasteiger partial charge in [0.25, 0.3) is 0 Å². The van der Waals surface area contributed by atoms with Crippen molar-refractivity contribution >= 4 is 10.8 Å². The summed E-state index contributed by atoms with van der Waals surface area (Å²) in [4.78, 5) is 4.39. The predicted octanol–water partition coefficient (Wildman–Crippen LogP) is 2.84. The molecule has 0 amide bonds. The highest BCUT2D eigenvalue weighted by Crippen LogP contribution is 2.16. The summed E-state index contributed by atoms with van der Waals surface area (Å²) in [6, 6.07) is 9.86. The molecule has 0 fully saturated rings. The summed E-state index contributed by atoms with van der Waals surface area (Å²) in [5, 5.41) is 0. The number of aryl methyl sites for hydroxylation is 1. The molecular weight excluding hydrogens is 237 g/mol. The van der Waals surface area contributed by atoms with Gasteiger partial charge in [-0.05, 0) is 30.7 Å². The number of rotatable bonds is 3. The Labute approximate surface area is 102 Å². The lowest BCUT2D eigenvalue weighted by Crippen LogP contribution is -2.02. The summed E-state index contributed by atoms with van der Waals surface area (Å²) in [5.41, 5.74) is 1.71. The fourth-order valence-electron chi connectivity index (χ4n) is 1.50. The van der Waals surface area contributed by atoms with E-state index in [1.54, 1.807) is 24.4 Å². The molecule has 0 aliphatic carbocycles. The number of benzene rings is 1. The van der Waals surface area contributed by atoms with Crippen LogP contribution in [0.4, 0.5) is 4.39 Å². The van der Waals surface area contributed by atoms with E-state index in [1.165, 1.54) is 6.07 Å². The topological polar surface area (TPSA) is 30.0 Å². The average molecular weight is 249 g/mol. The smallest absolute Gasteiger partial charge is 0.139 e. The third kappa shape index (κ3) is 2.77. The SMILES string of the molecule is Cc1cccnc1CS(=O)c1ccccc1F. The maximum Gasteiger partial charge on any atom is 0.139 e. The molecule has 2 aromatic rings. The standard InChI is InChI=1S/C13H12FNOS/c1-10-5-4-8-15-12(10)9-17(16)13-7-3-2-6-11(13)14/h2-8H,9H2,1H3. The minimum absolute atomic E-state index is 0.234. The van der Waals surface area contributed by atoms with Crippen molar-refractivity contribution in [2.75, 3.05) is 0 Å². The molecule has 0 radical (unpaired) electrons. The lowest BCUT2D eigenvalue weighted by Gasteiger charge is -2.05. The summed E-state index contributed by atoms with van der Waals surface area (Å²) < 4.78 is 25.4. The van der Waals surface area contributed by atoms with Crippen molar-refractivity contribution in [3.05, 3.63) is 59.7 Å². The van der Waals surface area contributed by atoms with E-state index >= 15 is 0 Å². The van der Waals surface area contributed by atoms with Crippen LogP contribution in [0, 0.1) is 12.7 Å². The number of nitrogens with zero attached hydrogens (tertiary/aromatic N) is 1. The average Bonchev–Trinajstić information content (AvgIpc) is 2.32. The Kier molecular flexibility index (Phi) is 3.64. The zero-order valence-corrected chi connectivity index (χ0v) is 10.2. The van der Waals surface area contributed by atoms with Crippen molar-refractivity contribution in [1.29, 1.82) is 0 Å². The second-order valence-corrected chi connectivity index (χ2v) is 5.11. The van der Waals surface area contributed by atoms with E-state index in [9.17, 15) is 8.60 Å². The van der Waals surface area contributed by atoms with E-state index in [2.05, 4.69) is 4.98 Å². The first-order valence-electron chi connectivity index (χ1n) is 5.22. The molecule has 4 heteroatoms. The van der Waals surface area contributed by atoms with E-state index in [4.69, 9.17) is 0 Å². The molecule has 0 bridgehead atoms. The van der Waals surface area contributed by atoms with E-state index in [1.807, 2.05) is 19.1 Å². The molecule has 1 aromatic heterocycles.